The highest BCUT2D eigenvalue weighted by molar-refractivity contribution is 8.04. The number of fused-ring (bicyclic) bond motifs is 1. The molecular weight excluding hydrogens is 438 g/mol. The predicted molar refractivity (Wildman–Crippen MR) is 129 cm³/mol. The molecule has 2 aromatic carbocycles. The van der Waals surface area contributed by atoms with Gasteiger partial charge in [0.15, 0.2) is 5.16 Å². The first-order valence-corrected chi connectivity index (χ1v) is 11.1. The number of benzene rings is 2. The summed E-state index contributed by atoms with van der Waals surface area (Å²) in [6, 6.07) is 15.0. The monoisotopic (exact) mass is 461 g/mol. The number of rotatable bonds is 6. The number of carboxylic acids is 1. The SMILES string of the molecule is COC(=O)c1cccc(-n2c(C)cc(/C=C(/Sc3nc4ccccc4[nH]3)C(=O)O)c2C)c1C. The van der Waals surface area contributed by atoms with E-state index in [-0.39, 0.29) is 4.91 Å². The van der Waals surface area contributed by atoms with Crippen LogP contribution in [0.25, 0.3) is 22.8 Å². The fraction of sp³-hybridized carbons (Fsp3) is 0.160. The van der Waals surface area contributed by atoms with Crippen LogP contribution in [0.4, 0.5) is 0 Å². The van der Waals surface area contributed by atoms with Crippen LogP contribution in [0.15, 0.2) is 58.6 Å². The standard InChI is InChI=1S/C25H23N3O4S/c1-14-12-17(16(3)28(14)21-11-7-8-18(15(21)2)24(31)32-4)13-22(23(29)30)33-25-26-19-9-5-6-10-20(19)27-25/h5-13H,1-4H3,(H,26,27)(H,29,30)/b22-13+. The topological polar surface area (TPSA) is 97.2 Å². The number of hydrogen-bond acceptors (Lipinski definition) is 5. The molecule has 2 heterocycles. The third kappa shape index (κ3) is 4.29. The zero-order chi connectivity index (χ0) is 23.7. The third-order valence-corrected chi connectivity index (χ3v) is 6.39. The van der Waals surface area contributed by atoms with Crippen LogP contribution >= 0.6 is 11.8 Å². The minimum atomic E-state index is -1.03. The van der Waals surface area contributed by atoms with Crippen LogP contribution in [0.1, 0.15) is 32.9 Å². The Kier molecular flexibility index (Phi) is 6.11. The van der Waals surface area contributed by atoms with Crippen molar-refractivity contribution in [2.24, 2.45) is 0 Å². The van der Waals surface area contributed by atoms with E-state index >= 15 is 0 Å². The van der Waals surface area contributed by atoms with Crippen LogP contribution in [0.2, 0.25) is 0 Å². The second-order valence-corrected chi connectivity index (χ2v) is 8.61. The molecule has 0 atom stereocenters. The molecule has 0 saturated carbocycles. The van der Waals surface area contributed by atoms with E-state index < -0.39 is 11.9 Å². The maximum atomic E-state index is 12.1. The van der Waals surface area contributed by atoms with Crippen molar-refractivity contribution in [2.45, 2.75) is 25.9 Å². The molecule has 8 heteroatoms. The number of ether oxygens (including phenoxy) is 1. The van der Waals surface area contributed by atoms with Gasteiger partial charge in [-0.05, 0) is 80.1 Å². The molecule has 4 rings (SSSR count). The van der Waals surface area contributed by atoms with Crippen LogP contribution in [-0.2, 0) is 9.53 Å². The van der Waals surface area contributed by atoms with E-state index in [2.05, 4.69) is 9.97 Å². The van der Waals surface area contributed by atoms with E-state index in [9.17, 15) is 14.7 Å². The van der Waals surface area contributed by atoms with Gasteiger partial charge in [0.1, 0.15) is 4.91 Å². The fourth-order valence-electron chi connectivity index (χ4n) is 3.86. The Morgan fingerprint density at radius 2 is 1.88 bits per heavy atom. The van der Waals surface area contributed by atoms with Gasteiger partial charge in [0.2, 0.25) is 0 Å². The summed E-state index contributed by atoms with van der Waals surface area (Å²) in [5.41, 5.74) is 6.31. The lowest BCUT2D eigenvalue weighted by Crippen LogP contribution is -2.08. The summed E-state index contributed by atoms with van der Waals surface area (Å²) in [6.45, 7) is 5.74. The van der Waals surface area contributed by atoms with Gasteiger partial charge in [-0.1, -0.05) is 18.2 Å². The summed E-state index contributed by atoms with van der Waals surface area (Å²) in [7, 11) is 1.36. The van der Waals surface area contributed by atoms with Crippen molar-refractivity contribution in [3.05, 3.63) is 81.5 Å². The minimum Gasteiger partial charge on any atom is -0.477 e. The van der Waals surface area contributed by atoms with Crippen molar-refractivity contribution < 1.29 is 19.4 Å². The van der Waals surface area contributed by atoms with Crippen LogP contribution in [0, 0.1) is 20.8 Å². The van der Waals surface area contributed by atoms with Crippen molar-refractivity contribution in [3.63, 3.8) is 0 Å². The van der Waals surface area contributed by atoms with Crippen LogP contribution in [0.3, 0.4) is 0 Å². The number of carboxylic acid groups (broad SMARTS) is 1. The number of thioether (sulfide) groups is 1. The summed E-state index contributed by atoms with van der Waals surface area (Å²) in [5.74, 6) is -1.43. The van der Waals surface area contributed by atoms with Crippen molar-refractivity contribution in [3.8, 4) is 5.69 Å². The molecule has 4 aromatic rings. The number of aromatic nitrogens is 3. The number of aryl methyl sites for hydroxylation is 1. The second-order valence-electron chi connectivity index (χ2n) is 7.58. The number of aromatic amines is 1. The average molecular weight is 462 g/mol. The number of para-hydroxylation sites is 2. The Morgan fingerprint density at radius 1 is 1.12 bits per heavy atom. The van der Waals surface area contributed by atoms with Gasteiger partial charge in [0.25, 0.3) is 0 Å². The molecule has 0 unspecified atom stereocenters. The molecule has 2 N–H and O–H groups in total. The van der Waals surface area contributed by atoms with Crippen molar-refractivity contribution in [1.82, 2.24) is 14.5 Å². The van der Waals surface area contributed by atoms with Crippen LogP contribution in [-0.4, -0.2) is 38.7 Å². The normalized spacial score (nSPS) is 11.7. The highest BCUT2D eigenvalue weighted by Crippen LogP contribution is 2.31. The molecule has 0 saturated heterocycles. The molecule has 2 aromatic heterocycles. The first-order chi connectivity index (χ1) is 15.8. The summed E-state index contributed by atoms with van der Waals surface area (Å²) in [5, 5.41) is 10.3. The second kappa shape index (κ2) is 8.99. The lowest BCUT2D eigenvalue weighted by molar-refractivity contribution is -0.131. The van der Waals surface area contributed by atoms with Gasteiger partial charge in [-0.15, -0.1) is 0 Å². The van der Waals surface area contributed by atoms with Crippen LogP contribution in [0.5, 0.6) is 0 Å². The van der Waals surface area contributed by atoms with Gasteiger partial charge in [0, 0.05) is 17.1 Å². The first kappa shape index (κ1) is 22.4. The quantitative estimate of drug-likeness (QED) is 0.230. The molecule has 0 fully saturated rings. The van der Waals surface area contributed by atoms with Gasteiger partial charge in [-0.2, -0.15) is 0 Å². The van der Waals surface area contributed by atoms with E-state index in [0.29, 0.717) is 10.7 Å². The highest BCUT2D eigenvalue weighted by Gasteiger charge is 2.18. The zero-order valence-corrected chi connectivity index (χ0v) is 19.5. The minimum absolute atomic E-state index is 0.148. The van der Waals surface area contributed by atoms with Gasteiger partial charge in [0.05, 0.1) is 23.7 Å². The molecule has 33 heavy (non-hydrogen) atoms. The number of H-pyrrole nitrogens is 1. The maximum absolute atomic E-state index is 12.1. The number of esters is 1. The summed E-state index contributed by atoms with van der Waals surface area (Å²) < 4.78 is 6.91. The third-order valence-electron chi connectivity index (χ3n) is 5.49. The van der Waals surface area contributed by atoms with Gasteiger partial charge >= 0.3 is 11.9 Å². The maximum Gasteiger partial charge on any atom is 0.342 e. The highest BCUT2D eigenvalue weighted by atomic mass is 32.2. The molecule has 168 valence electrons. The molecule has 0 aliphatic heterocycles. The van der Waals surface area contributed by atoms with Crippen LogP contribution < -0.4 is 0 Å². The summed E-state index contributed by atoms with van der Waals surface area (Å²) >= 11 is 1.07. The van der Waals surface area contributed by atoms with Gasteiger partial charge in [-0.3, -0.25) is 0 Å². The Morgan fingerprint density at radius 3 is 2.58 bits per heavy atom. The molecular formula is C25H23N3O4S. The predicted octanol–water partition coefficient (Wildman–Crippen LogP) is 5.28. The number of carbonyl (C=O) groups is 2. The Labute approximate surface area is 195 Å². The lowest BCUT2D eigenvalue weighted by atomic mass is 10.1. The molecule has 0 spiro atoms. The molecule has 0 bridgehead atoms. The van der Waals surface area contributed by atoms with Crippen molar-refractivity contribution in [2.75, 3.05) is 7.11 Å². The van der Waals surface area contributed by atoms with Crippen molar-refractivity contribution >= 4 is 40.8 Å². The van der Waals surface area contributed by atoms with E-state index in [4.69, 9.17) is 4.74 Å². The van der Waals surface area contributed by atoms with E-state index in [0.717, 1.165) is 51.0 Å². The number of imidazole rings is 1. The van der Waals surface area contributed by atoms with Gasteiger partial charge < -0.3 is 19.4 Å². The zero-order valence-electron chi connectivity index (χ0n) is 18.7. The average Bonchev–Trinajstić information content (AvgIpc) is 3.32. The number of methoxy groups -OCH3 is 1. The Bertz CT molecular complexity index is 1380. The molecule has 0 aliphatic carbocycles. The number of nitrogens with one attached hydrogen (secondary N) is 1. The molecule has 0 radical (unpaired) electrons. The van der Waals surface area contributed by atoms with Crippen molar-refractivity contribution in [1.29, 1.82) is 0 Å². The smallest absolute Gasteiger partial charge is 0.342 e. The summed E-state index contributed by atoms with van der Waals surface area (Å²) in [4.78, 5) is 31.9. The largest absolute Gasteiger partial charge is 0.477 e. The Balaban J connectivity index is 1.74. The summed E-state index contributed by atoms with van der Waals surface area (Å²) in [6.07, 6.45) is 1.65. The van der Waals surface area contributed by atoms with E-state index in [1.807, 2.05) is 67.8 Å². The lowest BCUT2D eigenvalue weighted by Gasteiger charge is -2.15. The van der Waals surface area contributed by atoms with Gasteiger partial charge in [-0.25, -0.2) is 14.6 Å². The van der Waals surface area contributed by atoms with E-state index in [1.165, 1.54) is 7.11 Å². The number of hydrogen-bond donors (Lipinski definition) is 2. The Hall–Kier alpha value is -3.78. The number of aliphatic carboxylic acids is 1. The first-order valence-electron chi connectivity index (χ1n) is 10.2. The molecule has 7 nitrogen and oxygen atoms in total. The molecule has 0 amide bonds. The van der Waals surface area contributed by atoms with E-state index in [1.54, 1.807) is 12.1 Å². The fourth-order valence-corrected chi connectivity index (χ4v) is 4.65. The number of nitrogens with zero attached hydrogens (tertiary/aromatic N) is 2. The molecule has 0 aliphatic rings. The number of carbonyl (C=O) groups excluding carboxylic acids is 1.